The molecular formula is C24H30ClN3O4S3. The summed E-state index contributed by atoms with van der Waals surface area (Å²) >= 11 is 3.13. The van der Waals surface area contributed by atoms with Gasteiger partial charge in [0, 0.05) is 37.5 Å². The first-order valence-corrected chi connectivity index (χ1v) is 14.9. The molecule has 2 heterocycles. The summed E-state index contributed by atoms with van der Waals surface area (Å²) in [6.45, 7) is 6.06. The monoisotopic (exact) mass is 555 g/mol. The number of carbonyl (C=O) groups is 1. The van der Waals surface area contributed by atoms with Gasteiger partial charge in [-0.1, -0.05) is 29.0 Å². The van der Waals surface area contributed by atoms with Gasteiger partial charge in [-0.2, -0.15) is 0 Å². The molecule has 3 aromatic rings. The molecule has 1 amide bonds. The summed E-state index contributed by atoms with van der Waals surface area (Å²) < 4.78 is 32.1. The Morgan fingerprint density at radius 2 is 1.89 bits per heavy atom. The number of morpholine rings is 1. The van der Waals surface area contributed by atoms with Crippen LogP contribution >= 0.6 is 35.5 Å². The molecule has 7 nitrogen and oxygen atoms in total. The fourth-order valence-corrected chi connectivity index (χ4v) is 6.54. The fourth-order valence-electron chi connectivity index (χ4n) is 3.75. The molecule has 0 bridgehead atoms. The maximum absolute atomic E-state index is 13.3. The van der Waals surface area contributed by atoms with Crippen LogP contribution in [0.1, 0.15) is 12.0 Å². The van der Waals surface area contributed by atoms with Gasteiger partial charge in [0.05, 0.1) is 34.1 Å². The van der Waals surface area contributed by atoms with E-state index >= 15 is 0 Å². The summed E-state index contributed by atoms with van der Waals surface area (Å²) in [5, 5.41) is 0.610. The number of hydrogen-bond donors (Lipinski definition) is 0. The number of aryl methyl sites for hydroxylation is 1. The molecule has 0 N–H and O–H groups in total. The third-order valence-corrected chi connectivity index (χ3v) is 9.32. The Morgan fingerprint density at radius 3 is 2.57 bits per heavy atom. The van der Waals surface area contributed by atoms with E-state index in [1.807, 2.05) is 25.3 Å². The number of rotatable bonds is 9. The van der Waals surface area contributed by atoms with Crippen LogP contribution in [0, 0.1) is 6.92 Å². The molecule has 2 aromatic carbocycles. The molecule has 1 aliphatic rings. The lowest BCUT2D eigenvalue weighted by Gasteiger charge is -2.29. The number of thioether (sulfide) groups is 1. The standard InChI is InChI=1S/C24H29N3O4S3.ClH/c1-18-3-6-20(7-4-18)34(29,30)16-9-23(28)27(11-10-26-12-14-31-15-13-26)24-25-21-8-5-19(32-2)17-22(21)33-24;/h3-8,17H,9-16H2,1-2H3;1H. The fraction of sp³-hybridized carbons (Fsp3) is 0.417. The highest BCUT2D eigenvalue weighted by Gasteiger charge is 2.24. The van der Waals surface area contributed by atoms with Gasteiger partial charge in [0.25, 0.3) is 0 Å². The highest BCUT2D eigenvalue weighted by molar-refractivity contribution is 7.98. The number of ether oxygens (including phenoxy) is 1. The van der Waals surface area contributed by atoms with Gasteiger partial charge in [-0.3, -0.25) is 14.6 Å². The molecule has 4 rings (SSSR count). The van der Waals surface area contributed by atoms with Gasteiger partial charge in [-0.05, 0) is 43.5 Å². The van der Waals surface area contributed by atoms with E-state index in [9.17, 15) is 13.2 Å². The summed E-state index contributed by atoms with van der Waals surface area (Å²) in [7, 11) is -3.55. The van der Waals surface area contributed by atoms with Crippen molar-refractivity contribution < 1.29 is 17.9 Å². The zero-order valence-electron chi connectivity index (χ0n) is 19.8. The van der Waals surface area contributed by atoms with E-state index in [1.54, 1.807) is 40.9 Å². The number of amides is 1. The van der Waals surface area contributed by atoms with Crippen LogP contribution in [0.25, 0.3) is 10.2 Å². The van der Waals surface area contributed by atoms with E-state index in [0.717, 1.165) is 33.8 Å². The Kier molecular flexibility index (Phi) is 9.97. The van der Waals surface area contributed by atoms with E-state index in [-0.39, 0.29) is 35.4 Å². The predicted molar refractivity (Wildman–Crippen MR) is 146 cm³/mol. The number of fused-ring (bicyclic) bond motifs is 1. The average molecular weight is 556 g/mol. The summed E-state index contributed by atoms with van der Waals surface area (Å²) in [5.41, 5.74) is 1.83. The molecule has 190 valence electrons. The quantitative estimate of drug-likeness (QED) is 0.365. The largest absolute Gasteiger partial charge is 0.379 e. The van der Waals surface area contributed by atoms with Gasteiger partial charge in [-0.25, -0.2) is 13.4 Å². The predicted octanol–water partition coefficient (Wildman–Crippen LogP) is 4.28. The molecule has 35 heavy (non-hydrogen) atoms. The van der Waals surface area contributed by atoms with Crippen LogP contribution in [0.3, 0.4) is 0 Å². The van der Waals surface area contributed by atoms with Crippen molar-refractivity contribution in [1.82, 2.24) is 9.88 Å². The third kappa shape index (κ3) is 7.18. The van der Waals surface area contributed by atoms with E-state index in [4.69, 9.17) is 9.72 Å². The number of aromatic nitrogens is 1. The first kappa shape index (κ1) is 27.9. The van der Waals surface area contributed by atoms with Crippen LogP contribution in [0.15, 0.2) is 52.3 Å². The van der Waals surface area contributed by atoms with Crippen LogP contribution in [0.2, 0.25) is 0 Å². The Labute approximate surface area is 221 Å². The van der Waals surface area contributed by atoms with E-state index in [2.05, 4.69) is 11.0 Å². The second-order valence-corrected chi connectivity index (χ2v) is 12.2. The number of anilines is 1. The lowest BCUT2D eigenvalue weighted by atomic mass is 10.2. The Morgan fingerprint density at radius 1 is 1.17 bits per heavy atom. The van der Waals surface area contributed by atoms with Crippen molar-refractivity contribution in [2.45, 2.75) is 23.1 Å². The molecule has 0 saturated carbocycles. The first-order valence-electron chi connectivity index (χ1n) is 11.2. The number of sulfone groups is 1. The summed E-state index contributed by atoms with van der Waals surface area (Å²) in [6, 6.07) is 12.8. The van der Waals surface area contributed by atoms with Crippen molar-refractivity contribution in [1.29, 1.82) is 0 Å². The lowest BCUT2D eigenvalue weighted by Crippen LogP contribution is -2.43. The van der Waals surface area contributed by atoms with Crippen LogP contribution in [0.4, 0.5) is 5.13 Å². The summed E-state index contributed by atoms with van der Waals surface area (Å²) in [4.78, 5) is 23.3. The van der Waals surface area contributed by atoms with Crippen LogP contribution < -0.4 is 4.90 Å². The lowest BCUT2D eigenvalue weighted by molar-refractivity contribution is -0.118. The molecule has 0 atom stereocenters. The van der Waals surface area contributed by atoms with Crippen LogP contribution in [-0.2, 0) is 19.4 Å². The average Bonchev–Trinajstić information content (AvgIpc) is 3.26. The molecular weight excluding hydrogens is 526 g/mol. The Bertz CT molecular complexity index is 1240. The van der Waals surface area contributed by atoms with Gasteiger partial charge < -0.3 is 4.74 Å². The number of thiazole rings is 1. The van der Waals surface area contributed by atoms with Gasteiger partial charge in [-0.15, -0.1) is 24.2 Å². The van der Waals surface area contributed by atoms with E-state index < -0.39 is 9.84 Å². The van der Waals surface area contributed by atoms with Crippen molar-refractivity contribution >= 4 is 66.6 Å². The van der Waals surface area contributed by atoms with Crippen molar-refractivity contribution in [2.75, 3.05) is 56.3 Å². The highest BCUT2D eigenvalue weighted by atomic mass is 35.5. The van der Waals surface area contributed by atoms with Crippen LogP contribution in [-0.4, -0.2) is 75.6 Å². The molecule has 11 heteroatoms. The van der Waals surface area contributed by atoms with Gasteiger partial charge >= 0.3 is 0 Å². The molecule has 1 aromatic heterocycles. The topological polar surface area (TPSA) is 79.8 Å². The van der Waals surface area contributed by atoms with E-state index in [0.29, 0.717) is 31.4 Å². The minimum Gasteiger partial charge on any atom is -0.379 e. The maximum atomic E-state index is 13.3. The van der Waals surface area contributed by atoms with Crippen molar-refractivity contribution in [2.24, 2.45) is 0 Å². The number of hydrogen-bond acceptors (Lipinski definition) is 8. The second-order valence-electron chi connectivity index (χ2n) is 8.21. The third-order valence-electron chi connectivity index (χ3n) is 5.82. The summed E-state index contributed by atoms with van der Waals surface area (Å²) in [6.07, 6.45) is 1.93. The smallest absolute Gasteiger partial charge is 0.229 e. The van der Waals surface area contributed by atoms with Crippen LogP contribution in [0.5, 0.6) is 0 Å². The SMILES string of the molecule is CSc1ccc2nc(N(CCN3CCOCC3)C(=O)CCS(=O)(=O)c3ccc(C)cc3)sc2c1.Cl. The normalized spacial score (nSPS) is 14.6. The first-order chi connectivity index (χ1) is 16.4. The van der Waals surface area contributed by atoms with Crippen molar-refractivity contribution in [3.8, 4) is 0 Å². The summed E-state index contributed by atoms with van der Waals surface area (Å²) in [5.74, 6) is -0.460. The molecule has 1 saturated heterocycles. The molecule has 0 radical (unpaired) electrons. The van der Waals surface area contributed by atoms with Gasteiger partial charge in [0.2, 0.25) is 5.91 Å². The molecule has 0 spiro atoms. The number of carbonyl (C=O) groups excluding carboxylic acids is 1. The number of benzene rings is 2. The molecule has 0 unspecified atom stereocenters. The van der Waals surface area contributed by atoms with Crippen molar-refractivity contribution in [3.05, 3.63) is 48.0 Å². The molecule has 1 fully saturated rings. The number of nitrogens with zero attached hydrogens (tertiary/aromatic N) is 3. The van der Waals surface area contributed by atoms with Gasteiger partial charge in [0.15, 0.2) is 15.0 Å². The van der Waals surface area contributed by atoms with E-state index in [1.165, 1.54) is 11.3 Å². The highest BCUT2D eigenvalue weighted by Crippen LogP contribution is 2.32. The zero-order chi connectivity index (χ0) is 24.1. The minimum atomic E-state index is -3.55. The molecule has 1 aliphatic heterocycles. The Balaban J connectivity index is 0.00000342. The second kappa shape index (κ2) is 12.5. The maximum Gasteiger partial charge on any atom is 0.229 e. The van der Waals surface area contributed by atoms with Gasteiger partial charge in [0.1, 0.15) is 0 Å². The molecule has 0 aliphatic carbocycles. The number of halogens is 1. The zero-order valence-corrected chi connectivity index (χ0v) is 23.1. The minimum absolute atomic E-state index is 0. The Hall–Kier alpha value is -1.69. The van der Waals surface area contributed by atoms with Crippen molar-refractivity contribution in [3.63, 3.8) is 0 Å².